The molecular formula is C15H22N2O2. The number of nitrogens with zero attached hydrogens (tertiary/aromatic N) is 1. The molecule has 1 aromatic carbocycles. The fourth-order valence-electron chi connectivity index (χ4n) is 3.32. The highest BCUT2D eigenvalue weighted by atomic mass is 16.5. The van der Waals surface area contributed by atoms with E-state index in [1.807, 2.05) is 0 Å². The van der Waals surface area contributed by atoms with Gasteiger partial charge in [-0.1, -0.05) is 0 Å². The Hall–Kier alpha value is -1.26. The molecule has 0 radical (unpaired) electrons. The Labute approximate surface area is 114 Å². The summed E-state index contributed by atoms with van der Waals surface area (Å²) in [5.74, 6) is 1.66. The number of nitrogens with two attached hydrogens (primary N) is 1. The Morgan fingerprint density at radius 3 is 2.53 bits per heavy atom. The van der Waals surface area contributed by atoms with Crippen LogP contribution in [-0.4, -0.2) is 37.7 Å². The summed E-state index contributed by atoms with van der Waals surface area (Å²) in [6.45, 7) is 2.12. The molecular weight excluding hydrogens is 240 g/mol. The van der Waals surface area contributed by atoms with Crippen molar-refractivity contribution in [3.05, 3.63) is 23.3 Å². The molecule has 0 saturated carbocycles. The van der Waals surface area contributed by atoms with Crippen LogP contribution in [0.15, 0.2) is 12.1 Å². The molecule has 2 atom stereocenters. The standard InChI is InChI=1S/C15H22N2O2/c1-18-14-6-10-5-13-8-12(16)3-4-17(13)9-11(10)7-15(14)19-2/h6-7,12-13H,3-5,8-9,16H2,1-2H3/t12?,13-/m1/s1. The molecule has 0 bridgehead atoms. The van der Waals surface area contributed by atoms with E-state index >= 15 is 0 Å². The fourth-order valence-corrected chi connectivity index (χ4v) is 3.32. The zero-order valence-electron chi connectivity index (χ0n) is 11.7. The molecule has 2 aliphatic rings. The largest absolute Gasteiger partial charge is 0.493 e. The first-order chi connectivity index (χ1) is 9.21. The SMILES string of the molecule is COc1cc2c(cc1OC)CN1CCC(N)C[C@H]1C2. The first kappa shape index (κ1) is 12.8. The van der Waals surface area contributed by atoms with Crippen LogP contribution in [0.5, 0.6) is 11.5 Å². The van der Waals surface area contributed by atoms with E-state index < -0.39 is 0 Å². The van der Waals surface area contributed by atoms with Crippen molar-refractivity contribution >= 4 is 0 Å². The molecule has 4 nitrogen and oxygen atoms in total. The van der Waals surface area contributed by atoms with Gasteiger partial charge in [-0.2, -0.15) is 0 Å². The number of benzene rings is 1. The maximum Gasteiger partial charge on any atom is 0.161 e. The molecule has 19 heavy (non-hydrogen) atoms. The highest BCUT2D eigenvalue weighted by Gasteiger charge is 2.31. The molecule has 0 amide bonds. The maximum absolute atomic E-state index is 6.09. The quantitative estimate of drug-likeness (QED) is 0.878. The second-order valence-corrected chi connectivity index (χ2v) is 5.59. The molecule has 1 aromatic rings. The third kappa shape index (κ3) is 2.30. The lowest BCUT2D eigenvalue weighted by molar-refractivity contribution is 0.115. The van der Waals surface area contributed by atoms with Crippen LogP contribution in [-0.2, 0) is 13.0 Å². The van der Waals surface area contributed by atoms with Gasteiger partial charge in [0, 0.05) is 25.2 Å². The van der Waals surface area contributed by atoms with Crippen LogP contribution >= 0.6 is 0 Å². The van der Waals surface area contributed by atoms with Crippen molar-refractivity contribution in [1.29, 1.82) is 0 Å². The predicted molar refractivity (Wildman–Crippen MR) is 74.7 cm³/mol. The van der Waals surface area contributed by atoms with E-state index in [1.165, 1.54) is 11.1 Å². The number of hydrogen-bond donors (Lipinski definition) is 1. The number of hydrogen-bond acceptors (Lipinski definition) is 4. The van der Waals surface area contributed by atoms with Crippen LogP contribution in [0, 0.1) is 0 Å². The Morgan fingerprint density at radius 2 is 1.84 bits per heavy atom. The molecule has 1 saturated heterocycles. The van der Waals surface area contributed by atoms with Gasteiger partial charge in [0.15, 0.2) is 11.5 Å². The number of piperidine rings is 1. The third-order valence-electron chi connectivity index (χ3n) is 4.41. The first-order valence-electron chi connectivity index (χ1n) is 6.94. The summed E-state index contributed by atoms with van der Waals surface area (Å²) in [6.07, 6.45) is 3.29. The van der Waals surface area contributed by atoms with Crippen LogP contribution in [0.25, 0.3) is 0 Å². The summed E-state index contributed by atoms with van der Waals surface area (Å²) < 4.78 is 10.8. The molecule has 104 valence electrons. The average Bonchev–Trinajstić information content (AvgIpc) is 2.43. The molecule has 4 heteroatoms. The van der Waals surface area contributed by atoms with Gasteiger partial charge in [-0.25, -0.2) is 0 Å². The Balaban J connectivity index is 1.91. The molecule has 0 aromatic heterocycles. The van der Waals surface area contributed by atoms with E-state index in [0.29, 0.717) is 12.1 Å². The summed E-state index contributed by atoms with van der Waals surface area (Å²) in [6, 6.07) is 5.21. The van der Waals surface area contributed by atoms with E-state index in [-0.39, 0.29) is 0 Å². The van der Waals surface area contributed by atoms with Crippen molar-refractivity contribution in [3.8, 4) is 11.5 Å². The first-order valence-corrected chi connectivity index (χ1v) is 6.94. The zero-order valence-corrected chi connectivity index (χ0v) is 11.7. The van der Waals surface area contributed by atoms with Crippen LogP contribution in [0.2, 0.25) is 0 Å². The molecule has 3 rings (SSSR count). The van der Waals surface area contributed by atoms with Crippen LogP contribution in [0.4, 0.5) is 0 Å². The lowest BCUT2D eigenvalue weighted by Crippen LogP contribution is -2.49. The lowest BCUT2D eigenvalue weighted by atomic mass is 9.86. The van der Waals surface area contributed by atoms with Crippen LogP contribution in [0.1, 0.15) is 24.0 Å². The van der Waals surface area contributed by atoms with Gasteiger partial charge in [0.05, 0.1) is 14.2 Å². The normalized spacial score (nSPS) is 26.5. The van der Waals surface area contributed by atoms with Gasteiger partial charge in [0.2, 0.25) is 0 Å². The Morgan fingerprint density at radius 1 is 1.16 bits per heavy atom. The number of methoxy groups -OCH3 is 2. The number of rotatable bonds is 2. The molecule has 1 unspecified atom stereocenters. The van der Waals surface area contributed by atoms with Crippen LogP contribution in [0.3, 0.4) is 0 Å². The van der Waals surface area contributed by atoms with Gasteiger partial charge in [0.25, 0.3) is 0 Å². The van der Waals surface area contributed by atoms with Gasteiger partial charge < -0.3 is 15.2 Å². The van der Waals surface area contributed by atoms with Crippen molar-refractivity contribution in [2.24, 2.45) is 5.73 Å². The molecule has 2 N–H and O–H groups in total. The lowest BCUT2D eigenvalue weighted by Gasteiger charge is -2.42. The van der Waals surface area contributed by atoms with E-state index in [2.05, 4.69) is 17.0 Å². The number of ether oxygens (including phenoxy) is 2. The van der Waals surface area contributed by atoms with E-state index in [9.17, 15) is 0 Å². The number of fused-ring (bicyclic) bond motifs is 2. The van der Waals surface area contributed by atoms with E-state index in [1.54, 1.807) is 14.2 Å². The van der Waals surface area contributed by atoms with E-state index in [0.717, 1.165) is 43.9 Å². The second kappa shape index (κ2) is 5.02. The summed E-state index contributed by atoms with van der Waals surface area (Å²) in [5.41, 5.74) is 8.84. The summed E-state index contributed by atoms with van der Waals surface area (Å²) in [4.78, 5) is 2.55. The summed E-state index contributed by atoms with van der Waals surface area (Å²) in [7, 11) is 3.38. The van der Waals surface area contributed by atoms with Crippen molar-refractivity contribution in [2.45, 2.75) is 37.9 Å². The Kier molecular flexibility index (Phi) is 3.37. The molecule has 2 heterocycles. The topological polar surface area (TPSA) is 47.7 Å². The molecule has 0 spiro atoms. The third-order valence-corrected chi connectivity index (χ3v) is 4.41. The van der Waals surface area contributed by atoms with Crippen molar-refractivity contribution < 1.29 is 9.47 Å². The predicted octanol–water partition coefficient (Wildman–Crippen LogP) is 1.55. The van der Waals surface area contributed by atoms with Gasteiger partial charge in [-0.15, -0.1) is 0 Å². The van der Waals surface area contributed by atoms with Gasteiger partial charge in [-0.05, 0) is 42.5 Å². The van der Waals surface area contributed by atoms with Gasteiger partial charge >= 0.3 is 0 Å². The highest BCUT2D eigenvalue weighted by molar-refractivity contribution is 5.48. The molecule has 1 fully saturated rings. The van der Waals surface area contributed by atoms with Crippen LogP contribution < -0.4 is 15.2 Å². The highest BCUT2D eigenvalue weighted by Crippen LogP contribution is 2.36. The molecule has 2 aliphatic heterocycles. The maximum atomic E-state index is 6.09. The minimum atomic E-state index is 0.364. The zero-order chi connectivity index (χ0) is 13.4. The van der Waals surface area contributed by atoms with Crippen molar-refractivity contribution in [3.63, 3.8) is 0 Å². The monoisotopic (exact) mass is 262 g/mol. The van der Waals surface area contributed by atoms with Crippen molar-refractivity contribution in [1.82, 2.24) is 4.90 Å². The molecule has 0 aliphatic carbocycles. The minimum absolute atomic E-state index is 0.364. The van der Waals surface area contributed by atoms with Gasteiger partial charge in [0.1, 0.15) is 0 Å². The van der Waals surface area contributed by atoms with E-state index in [4.69, 9.17) is 15.2 Å². The van der Waals surface area contributed by atoms with Gasteiger partial charge in [-0.3, -0.25) is 4.90 Å². The summed E-state index contributed by atoms with van der Waals surface area (Å²) in [5, 5.41) is 0. The van der Waals surface area contributed by atoms with Crippen molar-refractivity contribution in [2.75, 3.05) is 20.8 Å². The Bertz CT molecular complexity index is 475. The minimum Gasteiger partial charge on any atom is -0.493 e. The summed E-state index contributed by atoms with van der Waals surface area (Å²) >= 11 is 0. The second-order valence-electron chi connectivity index (χ2n) is 5.59. The fraction of sp³-hybridized carbons (Fsp3) is 0.600. The smallest absolute Gasteiger partial charge is 0.161 e. The average molecular weight is 262 g/mol.